The molecule has 0 radical (unpaired) electrons. The predicted molar refractivity (Wildman–Crippen MR) is 99.9 cm³/mol. The number of hydrogen-bond acceptors (Lipinski definition) is 4. The first kappa shape index (κ1) is 18.1. The molecule has 1 heterocycles. The normalized spacial score (nSPS) is 10.5. The number of carbonyl (C=O) groups is 2. The second kappa shape index (κ2) is 8.13. The molecule has 27 heavy (non-hydrogen) atoms. The Morgan fingerprint density at radius 1 is 0.889 bits per heavy atom. The molecule has 138 valence electrons. The van der Waals surface area contributed by atoms with Crippen LogP contribution in [0, 0.1) is 0 Å². The van der Waals surface area contributed by atoms with Gasteiger partial charge in [0, 0.05) is 13.0 Å². The predicted octanol–water partition coefficient (Wildman–Crippen LogP) is 0.470. The highest BCUT2D eigenvalue weighted by molar-refractivity contribution is 5.83. The standard InChI is InChI=1S/C19H18N4O4/c24-16(21-22-17(25)12-13-6-2-1-3-7-13)10-11-23-15-9-5-4-8-14(15)18(26)20-19(23)27/h1-9H,10-12H2,(H,21,24)(H,22,25)(H,20,26,27). The summed E-state index contributed by atoms with van der Waals surface area (Å²) >= 11 is 0. The average molecular weight is 366 g/mol. The first-order valence-corrected chi connectivity index (χ1v) is 8.38. The van der Waals surface area contributed by atoms with Gasteiger partial charge < -0.3 is 0 Å². The molecule has 1 aromatic heterocycles. The van der Waals surface area contributed by atoms with Crippen LogP contribution in [0.2, 0.25) is 0 Å². The molecule has 2 aromatic carbocycles. The maximum atomic E-state index is 12.0. The van der Waals surface area contributed by atoms with Crippen LogP contribution in [0.15, 0.2) is 64.2 Å². The van der Waals surface area contributed by atoms with Crippen LogP contribution in [0.4, 0.5) is 0 Å². The maximum Gasteiger partial charge on any atom is 0.328 e. The topological polar surface area (TPSA) is 113 Å². The zero-order valence-electron chi connectivity index (χ0n) is 14.4. The average Bonchev–Trinajstić information content (AvgIpc) is 2.67. The molecule has 0 unspecified atom stereocenters. The van der Waals surface area contributed by atoms with Crippen molar-refractivity contribution in [2.45, 2.75) is 19.4 Å². The highest BCUT2D eigenvalue weighted by Gasteiger charge is 2.10. The number of hydrogen-bond donors (Lipinski definition) is 3. The maximum absolute atomic E-state index is 12.0. The lowest BCUT2D eigenvalue weighted by atomic mass is 10.1. The van der Waals surface area contributed by atoms with Gasteiger partial charge in [-0.1, -0.05) is 42.5 Å². The monoisotopic (exact) mass is 366 g/mol. The molecule has 3 aromatic rings. The van der Waals surface area contributed by atoms with Crippen LogP contribution >= 0.6 is 0 Å². The summed E-state index contributed by atoms with van der Waals surface area (Å²) in [5.41, 5.74) is 4.90. The minimum atomic E-state index is -0.584. The van der Waals surface area contributed by atoms with E-state index in [4.69, 9.17) is 0 Å². The largest absolute Gasteiger partial charge is 0.328 e. The van der Waals surface area contributed by atoms with E-state index in [9.17, 15) is 19.2 Å². The zero-order chi connectivity index (χ0) is 19.2. The molecular weight excluding hydrogens is 348 g/mol. The van der Waals surface area contributed by atoms with Crippen LogP contribution in [-0.2, 0) is 22.6 Å². The van der Waals surface area contributed by atoms with Crippen molar-refractivity contribution in [3.8, 4) is 0 Å². The van der Waals surface area contributed by atoms with Gasteiger partial charge in [0.15, 0.2) is 0 Å². The Morgan fingerprint density at radius 3 is 2.33 bits per heavy atom. The molecule has 3 N–H and O–H groups in total. The number of aryl methyl sites for hydroxylation is 1. The van der Waals surface area contributed by atoms with E-state index in [0.717, 1.165) is 5.56 Å². The Hall–Kier alpha value is -3.68. The Kier molecular flexibility index (Phi) is 5.46. The van der Waals surface area contributed by atoms with Gasteiger partial charge in [0.1, 0.15) is 0 Å². The van der Waals surface area contributed by atoms with Crippen LogP contribution in [0.25, 0.3) is 10.9 Å². The molecule has 0 aliphatic heterocycles. The molecule has 0 saturated heterocycles. The van der Waals surface area contributed by atoms with Gasteiger partial charge >= 0.3 is 5.69 Å². The van der Waals surface area contributed by atoms with Gasteiger partial charge in [0.2, 0.25) is 11.8 Å². The molecule has 3 rings (SSSR count). The van der Waals surface area contributed by atoms with Crippen molar-refractivity contribution >= 4 is 22.7 Å². The van der Waals surface area contributed by atoms with E-state index >= 15 is 0 Å². The molecule has 0 fully saturated rings. The Bertz CT molecular complexity index is 1090. The van der Waals surface area contributed by atoms with Crippen molar-refractivity contribution in [3.05, 3.63) is 81.0 Å². The number of benzene rings is 2. The first-order valence-electron chi connectivity index (χ1n) is 8.38. The summed E-state index contributed by atoms with van der Waals surface area (Å²) in [5.74, 6) is -0.792. The molecule has 0 bridgehead atoms. The molecule has 2 amide bonds. The molecular formula is C19H18N4O4. The van der Waals surface area contributed by atoms with E-state index in [1.54, 1.807) is 24.3 Å². The second-order valence-corrected chi connectivity index (χ2v) is 5.94. The molecule has 0 saturated carbocycles. The minimum Gasteiger partial charge on any atom is -0.293 e. The van der Waals surface area contributed by atoms with Crippen LogP contribution in [0.1, 0.15) is 12.0 Å². The molecule has 8 nitrogen and oxygen atoms in total. The van der Waals surface area contributed by atoms with Crippen molar-refractivity contribution in [2.75, 3.05) is 0 Å². The number of hydrazine groups is 1. The summed E-state index contributed by atoms with van der Waals surface area (Å²) in [6.45, 7) is 0.0660. The van der Waals surface area contributed by atoms with Crippen LogP contribution in [-0.4, -0.2) is 21.4 Å². The third-order valence-electron chi connectivity index (χ3n) is 4.02. The fourth-order valence-corrected chi connectivity index (χ4v) is 2.71. The minimum absolute atomic E-state index is 0.0401. The number of aromatic nitrogens is 2. The lowest BCUT2D eigenvalue weighted by Gasteiger charge is -2.10. The second-order valence-electron chi connectivity index (χ2n) is 5.94. The molecule has 8 heteroatoms. The van der Waals surface area contributed by atoms with Gasteiger partial charge in [-0.15, -0.1) is 0 Å². The zero-order valence-corrected chi connectivity index (χ0v) is 14.4. The van der Waals surface area contributed by atoms with Gasteiger partial charge in [-0.05, 0) is 17.7 Å². The molecule has 0 spiro atoms. The smallest absolute Gasteiger partial charge is 0.293 e. The number of aromatic amines is 1. The van der Waals surface area contributed by atoms with E-state index in [0.29, 0.717) is 10.9 Å². The molecule has 0 aliphatic rings. The van der Waals surface area contributed by atoms with E-state index in [1.165, 1.54) is 4.57 Å². The van der Waals surface area contributed by atoms with Gasteiger partial charge in [0.25, 0.3) is 5.56 Å². The van der Waals surface area contributed by atoms with Crippen molar-refractivity contribution in [1.29, 1.82) is 0 Å². The number of H-pyrrole nitrogens is 1. The lowest BCUT2D eigenvalue weighted by Crippen LogP contribution is -2.43. The fraction of sp³-hybridized carbons (Fsp3) is 0.158. The van der Waals surface area contributed by atoms with E-state index in [2.05, 4.69) is 15.8 Å². The quantitative estimate of drug-likeness (QED) is 0.570. The summed E-state index contributed by atoms with van der Waals surface area (Å²) < 4.78 is 1.32. The number of amides is 2. The van der Waals surface area contributed by atoms with Crippen molar-refractivity contribution in [1.82, 2.24) is 20.4 Å². The van der Waals surface area contributed by atoms with Crippen LogP contribution in [0.5, 0.6) is 0 Å². The van der Waals surface area contributed by atoms with Gasteiger partial charge in [-0.2, -0.15) is 0 Å². The van der Waals surface area contributed by atoms with Crippen molar-refractivity contribution in [3.63, 3.8) is 0 Å². The van der Waals surface area contributed by atoms with Crippen LogP contribution < -0.4 is 22.1 Å². The highest BCUT2D eigenvalue weighted by atomic mass is 16.2. The van der Waals surface area contributed by atoms with Gasteiger partial charge in [0.05, 0.1) is 17.3 Å². The number of nitrogens with one attached hydrogen (secondary N) is 3. The van der Waals surface area contributed by atoms with Crippen molar-refractivity contribution < 1.29 is 9.59 Å². The third-order valence-corrected chi connectivity index (χ3v) is 4.02. The van der Waals surface area contributed by atoms with Crippen LogP contribution in [0.3, 0.4) is 0 Å². The Morgan fingerprint density at radius 2 is 1.56 bits per heavy atom. The summed E-state index contributed by atoms with van der Waals surface area (Å²) in [6.07, 6.45) is 0.104. The lowest BCUT2D eigenvalue weighted by molar-refractivity contribution is -0.128. The fourth-order valence-electron chi connectivity index (χ4n) is 2.71. The highest BCUT2D eigenvalue weighted by Crippen LogP contribution is 2.07. The van der Waals surface area contributed by atoms with Gasteiger partial charge in [-0.3, -0.25) is 34.8 Å². The number of carbonyl (C=O) groups excluding carboxylic acids is 2. The first-order chi connectivity index (χ1) is 13.0. The van der Waals surface area contributed by atoms with E-state index in [-0.39, 0.29) is 25.3 Å². The Balaban J connectivity index is 1.58. The molecule has 0 atom stereocenters. The SMILES string of the molecule is O=C(CCn1c(=O)[nH]c(=O)c2ccccc21)NNC(=O)Cc1ccccc1. The van der Waals surface area contributed by atoms with Crippen molar-refractivity contribution in [2.24, 2.45) is 0 Å². The number of fused-ring (bicyclic) bond motifs is 1. The number of nitrogens with zero attached hydrogens (tertiary/aromatic N) is 1. The summed E-state index contributed by atoms with van der Waals surface area (Å²) in [6, 6.07) is 15.8. The summed E-state index contributed by atoms with van der Waals surface area (Å²) in [4.78, 5) is 49.9. The molecule has 0 aliphatic carbocycles. The van der Waals surface area contributed by atoms with E-state index < -0.39 is 17.2 Å². The Labute approximate surface area is 153 Å². The summed E-state index contributed by atoms with van der Waals surface area (Å²) in [7, 11) is 0. The summed E-state index contributed by atoms with van der Waals surface area (Å²) in [5, 5.41) is 0.369. The number of para-hydroxylation sites is 1. The third kappa shape index (κ3) is 4.49. The van der Waals surface area contributed by atoms with Gasteiger partial charge in [-0.25, -0.2) is 4.79 Å². The number of rotatable bonds is 5. The van der Waals surface area contributed by atoms with E-state index in [1.807, 2.05) is 30.3 Å².